The van der Waals surface area contributed by atoms with E-state index in [0.717, 1.165) is 11.8 Å². The number of hydrogen-bond donors (Lipinski definition) is 3. The second-order valence-electron chi connectivity index (χ2n) is 6.01. The van der Waals surface area contributed by atoms with Crippen molar-refractivity contribution >= 4 is 39.1 Å². The second-order valence-corrected chi connectivity index (χ2v) is 9.24. The average Bonchev–Trinajstić information content (AvgIpc) is 2.67. The third-order valence-corrected chi connectivity index (χ3v) is 7.10. The zero-order valence-electron chi connectivity index (χ0n) is 14.6. The summed E-state index contributed by atoms with van der Waals surface area (Å²) in [5.74, 6) is -1.46. The number of benzene rings is 2. The lowest BCUT2D eigenvalue weighted by Crippen LogP contribution is -2.59. The zero-order valence-corrected chi connectivity index (χ0v) is 16.2. The van der Waals surface area contributed by atoms with Crippen molar-refractivity contribution in [2.45, 2.75) is 15.6 Å². The molecule has 2 unspecified atom stereocenters. The number of rotatable bonds is 6. The molecule has 1 heterocycles. The maximum Gasteiger partial charge on any atom is 0.241 e. The Bertz CT molecular complexity index is 970. The second kappa shape index (κ2) is 8.72. The highest BCUT2D eigenvalue weighted by molar-refractivity contribution is 8.00. The van der Waals surface area contributed by atoms with Gasteiger partial charge in [0.2, 0.25) is 11.8 Å². The molecule has 2 aromatic rings. The summed E-state index contributed by atoms with van der Waals surface area (Å²) in [6.07, 6.45) is 0. The van der Waals surface area contributed by atoms with Crippen LogP contribution in [0.3, 0.4) is 0 Å². The summed E-state index contributed by atoms with van der Waals surface area (Å²) in [6, 6.07) is 13.3. The summed E-state index contributed by atoms with van der Waals surface area (Å²) < 4.78 is 38.3. The van der Waals surface area contributed by atoms with Gasteiger partial charge in [0.25, 0.3) is 0 Å². The van der Waals surface area contributed by atoms with Crippen LogP contribution in [0.5, 0.6) is 0 Å². The zero-order chi connectivity index (χ0) is 20.1. The highest BCUT2D eigenvalue weighted by atomic mass is 32.2. The first kappa shape index (κ1) is 20.3. The van der Waals surface area contributed by atoms with E-state index in [-0.39, 0.29) is 23.1 Å². The molecular weight excluding hydrogens is 405 g/mol. The topological polar surface area (TPSA) is 104 Å². The smallest absolute Gasteiger partial charge is 0.241 e. The van der Waals surface area contributed by atoms with Gasteiger partial charge in [0, 0.05) is 12.2 Å². The van der Waals surface area contributed by atoms with Gasteiger partial charge in [-0.3, -0.25) is 14.9 Å². The lowest BCUT2D eigenvalue weighted by molar-refractivity contribution is -0.122. The maximum atomic E-state index is 13.1. The van der Waals surface area contributed by atoms with E-state index in [2.05, 4.69) is 16.0 Å². The van der Waals surface area contributed by atoms with Crippen LogP contribution in [0.15, 0.2) is 59.5 Å². The number of carbonyl (C=O) groups is 2. The SMILES string of the molecule is O=C(CSC1NCC(S(=O)(=O)c2ccccc2)C(=O)N1)Nc1cccc(F)c1. The quantitative estimate of drug-likeness (QED) is 0.648. The number of hydrogen-bond acceptors (Lipinski definition) is 6. The first-order chi connectivity index (χ1) is 13.4. The predicted octanol–water partition coefficient (Wildman–Crippen LogP) is 1.34. The van der Waals surface area contributed by atoms with Crippen molar-refractivity contribution in [3.63, 3.8) is 0 Å². The van der Waals surface area contributed by atoms with Crippen molar-refractivity contribution in [1.29, 1.82) is 0 Å². The van der Waals surface area contributed by atoms with Crippen LogP contribution in [-0.4, -0.2) is 43.3 Å². The fourth-order valence-electron chi connectivity index (χ4n) is 2.63. The van der Waals surface area contributed by atoms with Crippen LogP contribution in [-0.2, 0) is 19.4 Å². The summed E-state index contributed by atoms with van der Waals surface area (Å²) in [6.45, 7) is -0.0633. The molecule has 7 nitrogen and oxygen atoms in total. The van der Waals surface area contributed by atoms with Crippen LogP contribution < -0.4 is 16.0 Å². The summed E-state index contributed by atoms with van der Waals surface area (Å²) >= 11 is 1.10. The Kier molecular flexibility index (Phi) is 6.32. The van der Waals surface area contributed by atoms with Crippen LogP contribution in [0.4, 0.5) is 10.1 Å². The Labute approximate surface area is 166 Å². The Morgan fingerprint density at radius 2 is 1.93 bits per heavy atom. The molecule has 1 saturated heterocycles. The van der Waals surface area contributed by atoms with E-state index in [9.17, 15) is 22.4 Å². The lowest BCUT2D eigenvalue weighted by Gasteiger charge is -2.29. The third-order valence-electron chi connectivity index (χ3n) is 3.99. The number of thioether (sulfide) groups is 1. The highest BCUT2D eigenvalue weighted by Gasteiger charge is 2.38. The number of anilines is 1. The molecule has 2 aromatic carbocycles. The van der Waals surface area contributed by atoms with E-state index >= 15 is 0 Å². The Morgan fingerprint density at radius 3 is 2.61 bits per heavy atom. The lowest BCUT2D eigenvalue weighted by atomic mass is 10.3. The molecule has 0 radical (unpaired) electrons. The van der Waals surface area contributed by atoms with Gasteiger partial charge in [-0.05, 0) is 30.3 Å². The monoisotopic (exact) mass is 423 g/mol. The van der Waals surface area contributed by atoms with Gasteiger partial charge in [-0.2, -0.15) is 0 Å². The normalized spacial score (nSPS) is 19.7. The van der Waals surface area contributed by atoms with Gasteiger partial charge in [0.1, 0.15) is 11.3 Å². The summed E-state index contributed by atoms with van der Waals surface area (Å²) in [5, 5.41) is 6.79. The molecule has 0 bridgehead atoms. The van der Waals surface area contributed by atoms with Gasteiger partial charge >= 0.3 is 0 Å². The van der Waals surface area contributed by atoms with E-state index in [1.165, 1.54) is 30.3 Å². The molecule has 2 atom stereocenters. The molecule has 1 fully saturated rings. The number of carbonyl (C=O) groups excluding carboxylic acids is 2. The van der Waals surface area contributed by atoms with E-state index in [4.69, 9.17) is 0 Å². The molecule has 3 rings (SSSR count). The van der Waals surface area contributed by atoms with E-state index in [1.807, 2.05) is 0 Å². The molecule has 3 N–H and O–H groups in total. The highest BCUT2D eigenvalue weighted by Crippen LogP contribution is 2.19. The minimum Gasteiger partial charge on any atom is -0.331 e. The van der Waals surface area contributed by atoms with Crippen molar-refractivity contribution in [3.8, 4) is 0 Å². The van der Waals surface area contributed by atoms with Gasteiger partial charge in [0.05, 0.1) is 10.6 Å². The summed E-state index contributed by atoms with van der Waals surface area (Å²) in [5.41, 5.74) is -0.270. The van der Waals surface area contributed by atoms with Crippen LogP contribution >= 0.6 is 11.8 Å². The molecule has 0 spiro atoms. The van der Waals surface area contributed by atoms with Crippen molar-refractivity contribution in [2.24, 2.45) is 0 Å². The number of halogens is 1. The molecule has 0 saturated carbocycles. The maximum absolute atomic E-state index is 13.1. The fraction of sp³-hybridized carbons (Fsp3) is 0.222. The van der Waals surface area contributed by atoms with Crippen LogP contribution in [0.25, 0.3) is 0 Å². The molecule has 10 heteroatoms. The Hall–Kier alpha value is -2.43. The molecule has 1 aliphatic rings. The van der Waals surface area contributed by atoms with Crippen molar-refractivity contribution in [1.82, 2.24) is 10.6 Å². The van der Waals surface area contributed by atoms with E-state index in [1.54, 1.807) is 24.3 Å². The molecule has 1 aliphatic heterocycles. The first-order valence-electron chi connectivity index (χ1n) is 8.36. The predicted molar refractivity (Wildman–Crippen MR) is 105 cm³/mol. The van der Waals surface area contributed by atoms with Crippen LogP contribution in [0, 0.1) is 5.82 Å². The fourth-order valence-corrected chi connectivity index (χ4v) is 4.96. The molecule has 2 amide bonds. The van der Waals surface area contributed by atoms with Gasteiger partial charge in [0.15, 0.2) is 15.1 Å². The van der Waals surface area contributed by atoms with Gasteiger partial charge in [-0.25, -0.2) is 12.8 Å². The molecular formula is C18H18FN3O4S2. The van der Waals surface area contributed by atoms with E-state index < -0.39 is 32.3 Å². The molecule has 0 aromatic heterocycles. The van der Waals surface area contributed by atoms with Crippen molar-refractivity contribution in [3.05, 3.63) is 60.4 Å². The van der Waals surface area contributed by atoms with Gasteiger partial charge in [-0.1, -0.05) is 24.3 Å². The largest absolute Gasteiger partial charge is 0.331 e. The summed E-state index contributed by atoms with van der Waals surface area (Å²) in [4.78, 5) is 24.4. The van der Waals surface area contributed by atoms with Crippen molar-refractivity contribution < 1.29 is 22.4 Å². The average molecular weight is 423 g/mol. The number of sulfone groups is 1. The number of nitrogens with one attached hydrogen (secondary N) is 3. The molecule has 0 aliphatic carbocycles. The Morgan fingerprint density at radius 1 is 1.18 bits per heavy atom. The molecule has 148 valence electrons. The van der Waals surface area contributed by atoms with Gasteiger partial charge < -0.3 is 10.6 Å². The summed E-state index contributed by atoms with van der Waals surface area (Å²) in [7, 11) is -3.81. The van der Waals surface area contributed by atoms with Crippen molar-refractivity contribution in [2.75, 3.05) is 17.6 Å². The molecule has 28 heavy (non-hydrogen) atoms. The van der Waals surface area contributed by atoms with Crippen LogP contribution in [0.1, 0.15) is 0 Å². The minimum atomic E-state index is -3.81. The first-order valence-corrected chi connectivity index (χ1v) is 11.0. The van der Waals surface area contributed by atoms with Gasteiger partial charge in [-0.15, -0.1) is 11.8 Å². The number of amides is 2. The Balaban J connectivity index is 1.53. The van der Waals surface area contributed by atoms with Crippen LogP contribution in [0.2, 0.25) is 0 Å². The standard InChI is InChI=1S/C18H18FN3O4S2/c19-12-5-4-6-13(9-12)21-16(23)11-27-18-20-10-15(17(24)22-18)28(25,26)14-7-2-1-3-8-14/h1-9,15,18,20H,10-11H2,(H,21,23)(H,22,24). The third kappa shape index (κ3) is 4.89. The van der Waals surface area contributed by atoms with E-state index in [0.29, 0.717) is 5.69 Å². The minimum absolute atomic E-state index is 0.00936.